The summed E-state index contributed by atoms with van der Waals surface area (Å²) in [5, 5.41) is 9.58. The number of carboxylic acids is 1. The molecule has 3 rings (SSSR count). The van der Waals surface area contributed by atoms with Crippen LogP contribution in [0, 0.1) is 0 Å². The first-order chi connectivity index (χ1) is 12.6. The first kappa shape index (κ1) is 17.7. The van der Waals surface area contributed by atoms with Crippen LogP contribution in [0.15, 0.2) is 78.9 Å². The van der Waals surface area contributed by atoms with E-state index in [0.29, 0.717) is 0 Å². The molecule has 5 heteroatoms. The Bertz CT molecular complexity index is 884. The van der Waals surface area contributed by atoms with Crippen LogP contribution < -0.4 is 4.74 Å². The maximum Gasteiger partial charge on any atom is 0.339 e. The second kappa shape index (κ2) is 7.85. The van der Waals surface area contributed by atoms with Gasteiger partial charge in [-0.15, -0.1) is 0 Å². The monoisotopic (exact) mass is 366 g/mol. The summed E-state index contributed by atoms with van der Waals surface area (Å²) >= 11 is 5.85. The van der Waals surface area contributed by atoms with Crippen molar-refractivity contribution in [1.29, 1.82) is 0 Å². The van der Waals surface area contributed by atoms with Crippen LogP contribution in [0.25, 0.3) is 0 Å². The van der Waals surface area contributed by atoms with Gasteiger partial charge < -0.3 is 9.84 Å². The number of carbonyl (C=O) groups excluding carboxylic acids is 1. The van der Waals surface area contributed by atoms with Gasteiger partial charge in [0.1, 0.15) is 17.2 Å². The average molecular weight is 367 g/mol. The van der Waals surface area contributed by atoms with Crippen LogP contribution in [0.5, 0.6) is 5.75 Å². The van der Waals surface area contributed by atoms with Crippen LogP contribution in [0.4, 0.5) is 0 Å². The van der Waals surface area contributed by atoms with Crippen LogP contribution in [0.1, 0.15) is 27.4 Å². The van der Waals surface area contributed by atoms with Crippen molar-refractivity contribution < 1.29 is 19.4 Å². The van der Waals surface area contributed by atoms with E-state index in [2.05, 4.69) is 0 Å². The lowest BCUT2D eigenvalue weighted by atomic mass is 9.91. The van der Waals surface area contributed by atoms with Crippen molar-refractivity contribution in [3.8, 4) is 5.75 Å². The van der Waals surface area contributed by atoms with E-state index in [0.717, 1.165) is 11.1 Å². The molecular weight excluding hydrogens is 352 g/mol. The van der Waals surface area contributed by atoms with Gasteiger partial charge >= 0.3 is 11.9 Å². The third-order valence-corrected chi connectivity index (χ3v) is 4.12. The van der Waals surface area contributed by atoms with E-state index in [9.17, 15) is 14.7 Å². The Balaban J connectivity index is 1.99. The molecule has 26 heavy (non-hydrogen) atoms. The Labute approximate surface area is 155 Å². The smallest absolute Gasteiger partial charge is 0.339 e. The Morgan fingerprint density at radius 1 is 0.846 bits per heavy atom. The molecule has 0 aliphatic heterocycles. The molecule has 0 atom stereocenters. The van der Waals surface area contributed by atoms with Crippen molar-refractivity contribution in [3.05, 3.63) is 101 Å². The number of aromatic carboxylic acids is 1. The Morgan fingerprint density at radius 2 is 1.38 bits per heavy atom. The van der Waals surface area contributed by atoms with E-state index in [4.69, 9.17) is 16.3 Å². The maximum atomic E-state index is 12.9. The molecular formula is C21H15ClO4. The number of hydrogen-bond acceptors (Lipinski definition) is 3. The number of carboxylic acid groups (broad SMARTS) is 1. The molecule has 4 nitrogen and oxygen atoms in total. The Kier molecular flexibility index (Phi) is 5.34. The summed E-state index contributed by atoms with van der Waals surface area (Å²) in [5.74, 6) is -2.49. The minimum absolute atomic E-state index is 0.0382. The van der Waals surface area contributed by atoms with Gasteiger partial charge in [-0.05, 0) is 29.3 Å². The van der Waals surface area contributed by atoms with Crippen LogP contribution in [-0.4, -0.2) is 17.0 Å². The fourth-order valence-corrected chi connectivity index (χ4v) is 2.85. The van der Waals surface area contributed by atoms with E-state index in [1.165, 1.54) is 18.2 Å². The van der Waals surface area contributed by atoms with Crippen LogP contribution in [0.3, 0.4) is 0 Å². The molecule has 0 aliphatic carbocycles. The molecule has 0 spiro atoms. The highest BCUT2D eigenvalue weighted by atomic mass is 35.5. The van der Waals surface area contributed by atoms with Crippen molar-refractivity contribution in [2.75, 3.05) is 0 Å². The molecule has 0 fully saturated rings. The largest absolute Gasteiger partial charge is 0.478 e. The van der Waals surface area contributed by atoms with Gasteiger partial charge in [-0.2, -0.15) is 0 Å². The van der Waals surface area contributed by atoms with Crippen LogP contribution in [-0.2, 0) is 4.79 Å². The summed E-state index contributed by atoms with van der Waals surface area (Å²) in [6, 6.07) is 22.5. The van der Waals surface area contributed by atoms with Crippen molar-refractivity contribution in [3.63, 3.8) is 0 Å². The second-order valence-electron chi connectivity index (χ2n) is 5.62. The summed E-state index contributed by atoms with van der Waals surface area (Å²) in [6.07, 6.45) is 0. The third kappa shape index (κ3) is 3.92. The van der Waals surface area contributed by atoms with Gasteiger partial charge in [0.2, 0.25) is 0 Å². The van der Waals surface area contributed by atoms with Gasteiger partial charge in [0.15, 0.2) is 0 Å². The second-order valence-corrected chi connectivity index (χ2v) is 6.06. The summed E-state index contributed by atoms with van der Waals surface area (Å²) in [6.45, 7) is 0. The van der Waals surface area contributed by atoms with Crippen molar-refractivity contribution >= 4 is 23.5 Å². The van der Waals surface area contributed by atoms with Gasteiger partial charge in [-0.1, -0.05) is 72.3 Å². The molecule has 0 amide bonds. The highest BCUT2D eigenvalue weighted by Gasteiger charge is 2.26. The molecule has 0 heterocycles. The molecule has 3 aromatic rings. The highest BCUT2D eigenvalue weighted by Crippen LogP contribution is 2.29. The van der Waals surface area contributed by atoms with Crippen molar-refractivity contribution in [2.24, 2.45) is 0 Å². The summed E-state index contributed by atoms with van der Waals surface area (Å²) in [5.41, 5.74) is 1.36. The molecule has 0 radical (unpaired) electrons. The van der Waals surface area contributed by atoms with Gasteiger partial charge in [0.05, 0.1) is 0 Å². The molecule has 0 aliphatic rings. The first-order valence-electron chi connectivity index (χ1n) is 7.90. The predicted octanol–water partition coefficient (Wildman–Crippen LogP) is 4.78. The van der Waals surface area contributed by atoms with Gasteiger partial charge in [-0.3, -0.25) is 4.79 Å². The normalized spacial score (nSPS) is 10.5. The molecule has 0 aromatic heterocycles. The zero-order chi connectivity index (χ0) is 18.5. The van der Waals surface area contributed by atoms with E-state index in [1.807, 2.05) is 60.7 Å². The first-order valence-corrected chi connectivity index (χ1v) is 8.28. The number of halogens is 1. The van der Waals surface area contributed by atoms with Crippen molar-refractivity contribution in [2.45, 2.75) is 5.92 Å². The minimum atomic E-state index is -1.22. The molecule has 130 valence electrons. The molecule has 0 saturated heterocycles. The zero-order valence-electron chi connectivity index (χ0n) is 13.6. The molecule has 0 unspecified atom stereocenters. The topological polar surface area (TPSA) is 63.6 Å². The maximum absolute atomic E-state index is 12.9. The van der Waals surface area contributed by atoms with Crippen LogP contribution >= 0.6 is 11.6 Å². The molecule has 1 N–H and O–H groups in total. The zero-order valence-corrected chi connectivity index (χ0v) is 14.4. The van der Waals surface area contributed by atoms with Crippen LogP contribution in [0.2, 0.25) is 5.02 Å². The standard InChI is InChI=1S/C21H15ClO4/c22-16-11-12-18(17(13-16)20(23)24)26-21(25)19(14-7-3-1-4-8-14)15-9-5-2-6-10-15/h1-13,19H,(H,23,24). The van der Waals surface area contributed by atoms with E-state index in [-0.39, 0.29) is 16.3 Å². The van der Waals surface area contributed by atoms with Gasteiger partial charge in [-0.25, -0.2) is 4.79 Å². The number of ether oxygens (including phenoxy) is 1. The van der Waals surface area contributed by atoms with Gasteiger partial charge in [0.25, 0.3) is 0 Å². The fourth-order valence-electron chi connectivity index (χ4n) is 2.68. The summed E-state index contributed by atoms with van der Waals surface area (Å²) in [4.78, 5) is 24.3. The summed E-state index contributed by atoms with van der Waals surface area (Å²) < 4.78 is 5.45. The third-order valence-electron chi connectivity index (χ3n) is 3.88. The Morgan fingerprint density at radius 3 is 1.88 bits per heavy atom. The summed E-state index contributed by atoms with van der Waals surface area (Å²) in [7, 11) is 0. The minimum Gasteiger partial charge on any atom is -0.478 e. The number of esters is 1. The van der Waals surface area contributed by atoms with E-state index < -0.39 is 17.9 Å². The lowest BCUT2D eigenvalue weighted by Crippen LogP contribution is -2.21. The van der Waals surface area contributed by atoms with E-state index in [1.54, 1.807) is 0 Å². The molecule has 0 saturated carbocycles. The molecule has 0 bridgehead atoms. The lowest BCUT2D eigenvalue weighted by Gasteiger charge is -2.17. The Hall–Kier alpha value is -3.11. The van der Waals surface area contributed by atoms with Crippen molar-refractivity contribution in [1.82, 2.24) is 0 Å². The number of hydrogen-bond donors (Lipinski definition) is 1. The quantitative estimate of drug-likeness (QED) is 0.521. The van der Waals surface area contributed by atoms with E-state index >= 15 is 0 Å². The molecule has 3 aromatic carbocycles. The lowest BCUT2D eigenvalue weighted by molar-refractivity contribution is -0.135. The fraction of sp³-hybridized carbons (Fsp3) is 0.0476. The number of carbonyl (C=O) groups is 2. The number of rotatable bonds is 5. The van der Waals surface area contributed by atoms with Gasteiger partial charge in [0, 0.05) is 5.02 Å². The number of benzene rings is 3. The highest BCUT2D eigenvalue weighted by molar-refractivity contribution is 6.31. The SMILES string of the molecule is O=C(O)c1cc(Cl)ccc1OC(=O)C(c1ccccc1)c1ccccc1. The predicted molar refractivity (Wildman–Crippen MR) is 98.8 cm³/mol. The average Bonchev–Trinajstić information content (AvgIpc) is 2.65.